The molecule has 0 saturated heterocycles. The fourth-order valence-electron chi connectivity index (χ4n) is 2.43. The molecule has 4 nitrogen and oxygen atoms in total. The van der Waals surface area contributed by atoms with Crippen molar-refractivity contribution >= 4 is 27.7 Å². The van der Waals surface area contributed by atoms with Gasteiger partial charge in [0.05, 0.1) is 6.42 Å². The van der Waals surface area contributed by atoms with Crippen LogP contribution in [0.4, 0.5) is 0 Å². The predicted octanol–water partition coefficient (Wildman–Crippen LogP) is 2.72. The number of hydrogen-bond donors (Lipinski definition) is 2. The van der Waals surface area contributed by atoms with Crippen LogP contribution < -0.4 is 10.9 Å². The number of hydrogen-bond acceptors (Lipinski definition) is 2. The third-order valence-corrected chi connectivity index (χ3v) is 4.11. The molecule has 5 heteroatoms. The zero-order valence-electron chi connectivity index (χ0n) is 11.3. The molecule has 0 spiro atoms. The highest BCUT2D eigenvalue weighted by molar-refractivity contribution is 9.10. The molecule has 0 unspecified atom stereocenters. The molecule has 0 atom stereocenters. The van der Waals surface area contributed by atoms with Crippen LogP contribution in [0.25, 0.3) is 0 Å². The van der Waals surface area contributed by atoms with E-state index in [0.717, 1.165) is 35.7 Å². The Hall–Kier alpha value is -1.36. The van der Waals surface area contributed by atoms with Gasteiger partial charge in [0.2, 0.25) is 11.8 Å². The molecular weight excluding hydrogens is 320 g/mol. The van der Waals surface area contributed by atoms with E-state index in [-0.39, 0.29) is 24.2 Å². The van der Waals surface area contributed by atoms with Crippen molar-refractivity contribution in [3.63, 3.8) is 0 Å². The Kier molecular flexibility index (Phi) is 5.59. The van der Waals surface area contributed by atoms with Gasteiger partial charge in [-0.2, -0.15) is 0 Å². The molecule has 1 aliphatic carbocycles. The third-order valence-electron chi connectivity index (χ3n) is 3.58. The molecule has 0 bridgehead atoms. The summed E-state index contributed by atoms with van der Waals surface area (Å²) in [5.41, 5.74) is 5.94. The Morgan fingerprint density at radius 2 is 1.70 bits per heavy atom. The van der Waals surface area contributed by atoms with Crippen molar-refractivity contribution in [3.8, 4) is 0 Å². The van der Waals surface area contributed by atoms with Gasteiger partial charge < -0.3 is 0 Å². The molecule has 2 rings (SSSR count). The topological polar surface area (TPSA) is 58.2 Å². The molecule has 0 aromatic heterocycles. The lowest BCUT2D eigenvalue weighted by Gasteiger charge is -2.20. The monoisotopic (exact) mass is 338 g/mol. The highest BCUT2D eigenvalue weighted by Crippen LogP contribution is 2.23. The van der Waals surface area contributed by atoms with Crippen LogP contribution in [0.5, 0.6) is 0 Å². The van der Waals surface area contributed by atoms with Crippen LogP contribution in [0, 0.1) is 5.92 Å². The summed E-state index contributed by atoms with van der Waals surface area (Å²) in [6.07, 6.45) is 5.52. The molecule has 108 valence electrons. The van der Waals surface area contributed by atoms with Crippen molar-refractivity contribution < 1.29 is 9.59 Å². The molecule has 1 saturated carbocycles. The summed E-state index contributed by atoms with van der Waals surface area (Å²) < 4.78 is 0.979. The molecule has 0 radical (unpaired) electrons. The maximum absolute atomic E-state index is 11.9. The molecule has 0 heterocycles. The maximum Gasteiger partial charge on any atom is 0.242 e. The fourth-order valence-corrected chi connectivity index (χ4v) is 2.69. The standard InChI is InChI=1S/C15H19BrN2O2/c16-13-8-6-11(7-9-13)10-14(19)17-18-15(20)12-4-2-1-3-5-12/h6-9,12H,1-5,10H2,(H,17,19)(H,18,20). The average molecular weight is 339 g/mol. The molecule has 2 N–H and O–H groups in total. The Balaban J connectivity index is 1.74. The average Bonchev–Trinajstić information content (AvgIpc) is 2.48. The molecule has 0 aliphatic heterocycles. The minimum absolute atomic E-state index is 0.0525. The molecular formula is C15H19BrN2O2. The Labute approximate surface area is 127 Å². The van der Waals surface area contributed by atoms with Gasteiger partial charge >= 0.3 is 0 Å². The largest absolute Gasteiger partial charge is 0.273 e. The minimum atomic E-state index is -0.198. The molecule has 20 heavy (non-hydrogen) atoms. The number of carbonyl (C=O) groups is 2. The van der Waals surface area contributed by atoms with Crippen molar-refractivity contribution in [2.24, 2.45) is 5.92 Å². The summed E-state index contributed by atoms with van der Waals surface area (Å²) in [5, 5.41) is 0. The van der Waals surface area contributed by atoms with E-state index in [1.807, 2.05) is 24.3 Å². The van der Waals surface area contributed by atoms with E-state index < -0.39 is 0 Å². The molecule has 1 aliphatic rings. The van der Waals surface area contributed by atoms with Crippen molar-refractivity contribution in [2.45, 2.75) is 38.5 Å². The lowest BCUT2D eigenvalue weighted by atomic mass is 9.89. The highest BCUT2D eigenvalue weighted by atomic mass is 79.9. The fraction of sp³-hybridized carbons (Fsp3) is 0.467. The minimum Gasteiger partial charge on any atom is -0.273 e. The van der Waals surface area contributed by atoms with E-state index in [2.05, 4.69) is 26.8 Å². The van der Waals surface area contributed by atoms with Crippen LogP contribution in [0.2, 0.25) is 0 Å². The highest BCUT2D eigenvalue weighted by Gasteiger charge is 2.21. The van der Waals surface area contributed by atoms with Crippen LogP contribution in [-0.2, 0) is 16.0 Å². The molecule has 1 aromatic carbocycles. The zero-order valence-corrected chi connectivity index (χ0v) is 12.9. The number of halogens is 1. The Morgan fingerprint density at radius 3 is 2.35 bits per heavy atom. The van der Waals surface area contributed by atoms with Crippen LogP contribution in [0.15, 0.2) is 28.7 Å². The Bertz CT molecular complexity index is 467. The summed E-state index contributed by atoms with van der Waals surface area (Å²) in [5.74, 6) is -0.206. The van der Waals surface area contributed by atoms with Gasteiger partial charge in [-0.15, -0.1) is 0 Å². The first-order chi connectivity index (χ1) is 9.65. The van der Waals surface area contributed by atoms with Gasteiger partial charge in [0, 0.05) is 10.4 Å². The predicted molar refractivity (Wildman–Crippen MR) is 80.7 cm³/mol. The molecule has 1 fully saturated rings. The second kappa shape index (κ2) is 7.43. The SMILES string of the molecule is O=C(Cc1ccc(Br)cc1)NNC(=O)C1CCCCC1. The number of rotatable bonds is 3. The zero-order chi connectivity index (χ0) is 14.4. The smallest absolute Gasteiger partial charge is 0.242 e. The Morgan fingerprint density at radius 1 is 1.05 bits per heavy atom. The quantitative estimate of drug-likeness (QED) is 0.832. The number of nitrogens with one attached hydrogen (secondary N) is 2. The first-order valence-electron chi connectivity index (χ1n) is 6.98. The van der Waals surface area contributed by atoms with Crippen molar-refractivity contribution in [1.82, 2.24) is 10.9 Å². The van der Waals surface area contributed by atoms with Gasteiger partial charge in [0.1, 0.15) is 0 Å². The maximum atomic E-state index is 11.9. The van der Waals surface area contributed by atoms with Gasteiger partial charge in [-0.3, -0.25) is 20.4 Å². The van der Waals surface area contributed by atoms with E-state index in [9.17, 15) is 9.59 Å². The van der Waals surface area contributed by atoms with E-state index in [1.54, 1.807) is 0 Å². The first-order valence-corrected chi connectivity index (χ1v) is 7.77. The van der Waals surface area contributed by atoms with Gasteiger partial charge in [0.25, 0.3) is 0 Å². The first kappa shape index (κ1) is 15.0. The van der Waals surface area contributed by atoms with Gasteiger partial charge in [-0.1, -0.05) is 47.3 Å². The van der Waals surface area contributed by atoms with Crippen molar-refractivity contribution in [2.75, 3.05) is 0 Å². The second-order valence-electron chi connectivity index (χ2n) is 5.18. The van der Waals surface area contributed by atoms with Gasteiger partial charge in [-0.25, -0.2) is 0 Å². The summed E-state index contributed by atoms with van der Waals surface area (Å²) in [6, 6.07) is 7.55. The number of carbonyl (C=O) groups excluding carboxylic acids is 2. The lowest BCUT2D eigenvalue weighted by molar-refractivity contribution is -0.131. The normalized spacial score (nSPS) is 15.7. The number of amides is 2. The van der Waals surface area contributed by atoms with E-state index >= 15 is 0 Å². The molecule has 2 amide bonds. The summed E-state index contributed by atoms with van der Waals surface area (Å²) in [7, 11) is 0. The summed E-state index contributed by atoms with van der Waals surface area (Å²) >= 11 is 3.35. The summed E-state index contributed by atoms with van der Waals surface area (Å²) in [4.78, 5) is 23.6. The van der Waals surface area contributed by atoms with Crippen LogP contribution in [-0.4, -0.2) is 11.8 Å². The van der Waals surface area contributed by atoms with Crippen LogP contribution in [0.1, 0.15) is 37.7 Å². The number of benzene rings is 1. The van der Waals surface area contributed by atoms with Crippen molar-refractivity contribution in [3.05, 3.63) is 34.3 Å². The lowest BCUT2D eigenvalue weighted by Crippen LogP contribution is -2.45. The van der Waals surface area contributed by atoms with E-state index in [0.29, 0.717) is 0 Å². The van der Waals surface area contributed by atoms with Crippen molar-refractivity contribution in [1.29, 1.82) is 0 Å². The van der Waals surface area contributed by atoms with E-state index in [1.165, 1.54) is 6.42 Å². The number of hydrazine groups is 1. The van der Waals surface area contributed by atoms with Crippen LogP contribution in [0.3, 0.4) is 0 Å². The summed E-state index contributed by atoms with van der Waals surface area (Å²) in [6.45, 7) is 0. The molecule has 1 aromatic rings. The van der Waals surface area contributed by atoms with Gasteiger partial charge in [0.15, 0.2) is 0 Å². The second-order valence-corrected chi connectivity index (χ2v) is 6.09. The van der Waals surface area contributed by atoms with E-state index in [4.69, 9.17) is 0 Å². The van der Waals surface area contributed by atoms with Crippen LogP contribution >= 0.6 is 15.9 Å². The van der Waals surface area contributed by atoms with Gasteiger partial charge in [-0.05, 0) is 30.5 Å². The third kappa shape index (κ3) is 4.63.